The summed E-state index contributed by atoms with van der Waals surface area (Å²) in [6.45, 7) is 5.34. The van der Waals surface area contributed by atoms with Gasteiger partial charge in [-0.25, -0.2) is 4.79 Å². The Labute approximate surface area is 134 Å². The molecule has 1 aliphatic rings. The molecule has 1 aliphatic heterocycles. The molecule has 0 radical (unpaired) electrons. The Morgan fingerprint density at radius 3 is 2.35 bits per heavy atom. The first-order chi connectivity index (χ1) is 10.6. The van der Waals surface area contributed by atoms with Gasteiger partial charge in [-0.15, -0.1) is 5.06 Å². The molecule has 9 nitrogen and oxygen atoms in total. The van der Waals surface area contributed by atoms with Crippen molar-refractivity contribution in [3.63, 3.8) is 0 Å². The molecule has 0 aromatic heterocycles. The molecule has 0 bridgehead atoms. The van der Waals surface area contributed by atoms with Crippen LogP contribution in [0.3, 0.4) is 0 Å². The van der Waals surface area contributed by atoms with Crippen LogP contribution < -0.4 is 11.1 Å². The van der Waals surface area contributed by atoms with Gasteiger partial charge in [0, 0.05) is 31.8 Å². The van der Waals surface area contributed by atoms with Crippen molar-refractivity contribution in [1.29, 1.82) is 0 Å². The van der Waals surface area contributed by atoms with Gasteiger partial charge in [0.05, 0.1) is 0 Å². The van der Waals surface area contributed by atoms with Crippen LogP contribution in [0.1, 0.15) is 46.5 Å². The van der Waals surface area contributed by atoms with Gasteiger partial charge in [0.15, 0.2) is 0 Å². The molecule has 1 heterocycles. The number of carbonyl (C=O) groups is 4. The molecular weight excluding hydrogens is 306 g/mol. The highest BCUT2D eigenvalue weighted by Gasteiger charge is 2.32. The van der Waals surface area contributed by atoms with Gasteiger partial charge in [0.2, 0.25) is 0 Å². The summed E-state index contributed by atoms with van der Waals surface area (Å²) in [5, 5.41) is 2.78. The lowest BCUT2D eigenvalue weighted by Crippen LogP contribution is -2.42. The van der Waals surface area contributed by atoms with Gasteiger partial charge in [-0.3, -0.25) is 14.4 Å². The lowest BCUT2D eigenvalue weighted by molar-refractivity contribution is -0.171. The minimum atomic E-state index is -0.943. The molecular formula is C14H23N3O6. The van der Waals surface area contributed by atoms with Crippen LogP contribution in [0.5, 0.6) is 0 Å². The lowest BCUT2D eigenvalue weighted by Gasteiger charge is -2.20. The summed E-state index contributed by atoms with van der Waals surface area (Å²) in [7, 11) is 0. The summed E-state index contributed by atoms with van der Waals surface area (Å²) < 4.78 is 5.14. The maximum Gasteiger partial charge on any atom is 0.432 e. The number of nitrogens with two attached hydrogens (primary N) is 1. The Kier molecular flexibility index (Phi) is 6.49. The molecule has 1 saturated heterocycles. The van der Waals surface area contributed by atoms with Crippen molar-refractivity contribution in [3.8, 4) is 0 Å². The van der Waals surface area contributed by atoms with E-state index >= 15 is 0 Å². The molecule has 130 valence electrons. The van der Waals surface area contributed by atoms with E-state index in [2.05, 4.69) is 10.2 Å². The minimum absolute atomic E-state index is 0.0293. The zero-order valence-corrected chi connectivity index (χ0v) is 13.6. The molecule has 0 aromatic rings. The number of hydrogen-bond acceptors (Lipinski definition) is 7. The van der Waals surface area contributed by atoms with Crippen LogP contribution in [0, 0.1) is 0 Å². The maximum absolute atomic E-state index is 11.5. The highest BCUT2D eigenvalue weighted by molar-refractivity contribution is 6.01. The Morgan fingerprint density at radius 2 is 1.83 bits per heavy atom. The van der Waals surface area contributed by atoms with Crippen LogP contribution in [0.2, 0.25) is 0 Å². The number of carbonyl (C=O) groups excluding carboxylic acids is 4. The van der Waals surface area contributed by atoms with Crippen LogP contribution in [0.4, 0.5) is 4.79 Å². The molecule has 0 saturated carbocycles. The Balaban J connectivity index is 2.24. The third-order valence-electron chi connectivity index (χ3n) is 2.83. The molecule has 1 atom stereocenters. The lowest BCUT2D eigenvalue weighted by atomic mass is 10.1. The van der Waals surface area contributed by atoms with Crippen LogP contribution in [0.15, 0.2) is 0 Å². The van der Waals surface area contributed by atoms with Gasteiger partial charge < -0.3 is 20.6 Å². The maximum atomic E-state index is 11.5. The van der Waals surface area contributed by atoms with E-state index in [4.69, 9.17) is 10.5 Å². The predicted molar refractivity (Wildman–Crippen MR) is 78.6 cm³/mol. The summed E-state index contributed by atoms with van der Waals surface area (Å²) in [5.74, 6) is -1.48. The van der Waals surface area contributed by atoms with Crippen molar-refractivity contribution < 1.29 is 28.8 Å². The molecule has 1 fully saturated rings. The van der Waals surface area contributed by atoms with E-state index in [-0.39, 0.29) is 31.8 Å². The molecule has 0 aromatic carbocycles. The normalized spacial score (nSPS) is 16.3. The average molecular weight is 329 g/mol. The number of esters is 1. The van der Waals surface area contributed by atoms with E-state index < -0.39 is 29.6 Å². The van der Waals surface area contributed by atoms with Crippen LogP contribution in [-0.4, -0.2) is 47.1 Å². The van der Waals surface area contributed by atoms with Crippen molar-refractivity contribution in [2.75, 3.05) is 6.54 Å². The molecule has 0 unspecified atom stereocenters. The van der Waals surface area contributed by atoms with E-state index in [9.17, 15) is 19.2 Å². The molecule has 3 N–H and O–H groups in total. The minimum Gasteiger partial charge on any atom is -0.460 e. The highest BCUT2D eigenvalue weighted by Crippen LogP contribution is 2.12. The second-order valence-corrected chi connectivity index (χ2v) is 6.23. The summed E-state index contributed by atoms with van der Waals surface area (Å²) in [5.41, 5.74) is 5.21. The van der Waals surface area contributed by atoms with Gasteiger partial charge >= 0.3 is 12.1 Å². The number of nitrogens with zero attached hydrogens (tertiary/aromatic N) is 1. The first-order valence-electron chi connectivity index (χ1n) is 7.37. The predicted octanol–water partition coefficient (Wildman–Crippen LogP) is 0.226. The molecule has 9 heteroatoms. The number of amides is 3. The van der Waals surface area contributed by atoms with E-state index in [1.165, 1.54) is 0 Å². The number of nitrogens with one attached hydrogen (secondary N) is 1. The van der Waals surface area contributed by atoms with Crippen molar-refractivity contribution in [1.82, 2.24) is 10.4 Å². The topological polar surface area (TPSA) is 128 Å². The van der Waals surface area contributed by atoms with Crippen molar-refractivity contribution in [2.45, 2.75) is 58.1 Å². The van der Waals surface area contributed by atoms with Crippen molar-refractivity contribution in [2.24, 2.45) is 5.73 Å². The standard InChI is InChI=1S/C14H23N3O6/c1-14(2,3)22-12(20)7-4-9(15)8-16-13(21)23-17-10(18)5-6-11(17)19/h9H,4-8,15H2,1-3H3,(H,16,21)/t9-/m0/s1. The van der Waals surface area contributed by atoms with Crippen LogP contribution >= 0.6 is 0 Å². The van der Waals surface area contributed by atoms with Gasteiger partial charge in [-0.2, -0.15) is 0 Å². The van der Waals surface area contributed by atoms with E-state index in [0.29, 0.717) is 11.5 Å². The fourth-order valence-electron chi connectivity index (χ4n) is 1.79. The first kappa shape index (κ1) is 18.9. The number of ether oxygens (including phenoxy) is 1. The van der Waals surface area contributed by atoms with Gasteiger partial charge in [0.1, 0.15) is 5.60 Å². The molecule has 3 amide bonds. The largest absolute Gasteiger partial charge is 0.460 e. The molecule has 1 rings (SSSR count). The van der Waals surface area contributed by atoms with E-state index in [1.54, 1.807) is 20.8 Å². The number of hydrogen-bond donors (Lipinski definition) is 2. The second-order valence-electron chi connectivity index (χ2n) is 6.23. The smallest absolute Gasteiger partial charge is 0.432 e. The summed E-state index contributed by atoms with van der Waals surface area (Å²) >= 11 is 0. The third-order valence-corrected chi connectivity index (χ3v) is 2.83. The van der Waals surface area contributed by atoms with Gasteiger partial charge in [-0.1, -0.05) is 0 Å². The Bertz CT molecular complexity index is 469. The van der Waals surface area contributed by atoms with Crippen LogP contribution in [-0.2, 0) is 24.0 Å². The van der Waals surface area contributed by atoms with E-state index in [0.717, 1.165) is 0 Å². The zero-order chi connectivity index (χ0) is 17.6. The molecule has 0 aliphatic carbocycles. The quantitative estimate of drug-likeness (QED) is 0.527. The Hall–Kier alpha value is -2.16. The highest BCUT2D eigenvalue weighted by atomic mass is 16.7. The van der Waals surface area contributed by atoms with Crippen molar-refractivity contribution >= 4 is 23.9 Å². The summed E-state index contributed by atoms with van der Waals surface area (Å²) in [6.07, 6.45) is -0.445. The fraction of sp³-hybridized carbons (Fsp3) is 0.714. The zero-order valence-electron chi connectivity index (χ0n) is 13.6. The Morgan fingerprint density at radius 1 is 1.26 bits per heavy atom. The molecule has 0 spiro atoms. The summed E-state index contributed by atoms with van der Waals surface area (Å²) in [6, 6.07) is -0.486. The van der Waals surface area contributed by atoms with E-state index in [1.807, 2.05) is 0 Å². The summed E-state index contributed by atoms with van der Waals surface area (Å²) in [4.78, 5) is 50.2. The fourth-order valence-corrected chi connectivity index (χ4v) is 1.79. The SMILES string of the molecule is CC(C)(C)OC(=O)CC[C@H](N)CNC(=O)ON1C(=O)CCC1=O. The average Bonchev–Trinajstić information content (AvgIpc) is 2.73. The van der Waals surface area contributed by atoms with Crippen molar-refractivity contribution in [3.05, 3.63) is 0 Å². The number of hydroxylamine groups is 2. The van der Waals surface area contributed by atoms with Crippen LogP contribution in [0.25, 0.3) is 0 Å². The number of imide groups is 1. The number of rotatable bonds is 6. The van der Waals surface area contributed by atoms with Gasteiger partial charge in [-0.05, 0) is 27.2 Å². The third kappa shape index (κ3) is 7.09. The molecule has 23 heavy (non-hydrogen) atoms. The first-order valence-corrected chi connectivity index (χ1v) is 7.37. The monoisotopic (exact) mass is 329 g/mol. The van der Waals surface area contributed by atoms with Gasteiger partial charge in [0.25, 0.3) is 11.8 Å². The second kappa shape index (κ2) is 7.91.